The van der Waals surface area contributed by atoms with Crippen molar-refractivity contribution in [3.05, 3.63) is 41.3 Å². The number of thiophene rings is 1. The maximum Gasteiger partial charge on any atom is 0.271 e. The van der Waals surface area contributed by atoms with Crippen LogP contribution >= 0.6 is 11.3 Å². The highest BCUT2D eigenvalue weighted by Gasteiger charge is 2.25. The number of rotatable bonds is 5. The zero-order valence-corrected chi connectivity index (χ0v) is 15.3. The number of anilines is 2. The van der Waals surface area contributed by atoms with Crippen molar-refractivity contribution >= 4 is 38.6 Å². The summed E-state index contributed by atoms with van der Waals surface area (Å²) in [5, 5.41) is 1.73. The van der Waals surface area contributed by atoms with E-state index in [2.05, 4.69) is 18.6 Å². The number of nitrogens with one attached hydrogen (secondary N) is 1. The van der Waals surface area contributed by atoms with Gasteiger partial charge in [0.05, 0.1) is 0 Å². The highest BCUT2D eigenvalue weighted by Crippen LogP contribution is 2.32. The predicted octanol–water partition coefficient (Wildman–Crippen LogP) is 3.48. The molecular weight excluding hydrogens is 344 g/mol. The number of amides is 1. The number of sulfonamides is 1. The number of aryl methyl sites for hydroxylation is 1. The van der Waals surface area contributed by atoms with E-state index >= 15 is 0 Å². The molecule has 1 amide bonds. The number of carbonyl (C=O) groups is 1. The fourth-order valence-corrected chi connectivity index (χ4v) is 4.85. The van der Waals surface area contributed by atoms with Crippen molar-refractivity contribution in [2.24, 2.45) is 5.92 Å². The lowest BCUT2D eigenvalue weighted by Gasteiger charge is -2.31. The Bertz CT molecular complexity index is 843. The lowest BCUT2D eigenvalue weighted by Crippen LogP contribution is -2.37. The lowest BCUT2D eigenvalue weighted by atomic mass is 9.99. The molecule has 2 heterocycles. The second kappa shape index (κ2) is 6.57. The van der Waals surface area contributed by atoms with Gasteiger partial charge in [-0.2, -0.15) is 0 Å². The lowest BCUT2D eigenvalue weighted by molar-refractivity contribution is -0.119. The smallest absolute Gasteiger partial charge is 0.271 e. The second-order valence-electron chi connectivity index (χ2n) is 6.28. The summed E-state index contributed by atoms with van der Waals surface area (Å²) in [5.74, 6) is 0.500. The minimum Gasteiger partial charge on any atom is -0.312 e. The van der Waals surface area contributed by atoms with Crippen molar-refractivity contribution in [3.8, 4) is 0 Å². The standard InChI is InChI=1S/C17H20N2O3S2/c1-12(2)11-19-15-7-6-14(10-13(15)5-8-16(19)20)18-24(21,22)17-4-3-9-23-17/h3-4,6-7,9-10,12,18H,5,8,11H2,1-2H3. The number of carbonyl (C=O) groups excluding carboxylic acids is 1. The SMILES string of the molecule is CC(C)CN1C(=O)CCc2cc(NS(=O)(=O)c3cccs3)ccc21. The van der Waals surface area contributed by atoms with Gasteiger partial charge >= 0.3 is 0 Å². The molecule has 0 unspecified atom stereocenters. The topological polar surface area (TPSA) is 66.5 Å². The molecule has 0 atom stereocenters. The van der Waals surface area contributed by atoms with Gasteiger partial charge in [-0.3, -0.25) is 9.52 Å². The molecule has 0 spiro atoms. The van der Waals surface area contributed by atoms with Crippen molar-refractivity contribution in [1.29, 1.82) is 0 Å². The second-order valence-corrected chi connectivity index (χ2v) is 9.14. The van der Waals surface area contributed by atoms with Gasteiger partial charge in [0.2, 0.25) is 5.91 Å². The van der Waals surface area contributed by atoms with E-state index in [4.69, 9.17) is 0 Å². The Balaban J connectivity index is 1.88. The van der Waals surface area contributed by atoms with Crippen molar-refractivity contribution in [1.82, 2.24) is 0 Å². The minimum absolute atomic E-state index is 0.128. The number of nitrogens with zero attached hydrogens (tertiary/aromatic N) is 1. The summed E-state index contributed by atoms with van der Waals surface area (Å²) in [5.41, 5.74) is 2.42. The molecule has 1 aliphatic rings. The molecule has 0 saturated carbocycles. The van der Waals surface area contributed by atoms with Crippen LogP contribution in [0.25, 0.3) is 0 Å². The van der Waals surface area contributed by atoms with Gasteiger partial charge in [0, 0.05) is 24.3 Å². The van der Waals surface area contributed by atoms with Crippen LogP contribution in [-0.4, -0.2) is 20.9 Å². The van der Waals surface area contributed by atoms with E-state index in [-0.39, 0.29) is 10.1 Å². The van der Waals surface area contributed by atoms with Crippen LogP contribution in [0, 0.1) is 5.92 Å². The Morgan fingerprint density at radius 3 is 2.71 bits per heavy atom. The third-order valence-corrected chi connectivity index (χ3v) is 6.62. The molecule has 7 heteroatoms. The van der Waals surface area contributed by atoms with E-state index in [0.717, 1.165) is 11.3 Å². The summed E-state index contributed by atoms with van der Waals surface area (Å²) >= 11 is 1.18. The third kappa shape index (κ3) is 3.47. The maximum absolute atomic E-state index is 12.3. The first-order valence-corrected chi connectivity index (χ1v) is 10.2. The number of hydrogen-bond donors (Lipinski definition) is 1. The van der Waals surface area contributed by atoms with E-state index in [1.165, 1.54) is 11.3 Å². The van der Waals surface area contributed by atoms with Gasteiger partial charge in [-0.25, -0.2) is 8.42 Å². The van der Waals surface area contributed by atoms with Crippen molar-refractivity contribution in [2.75, 3.05) is 16.2 Å². The van der Waals surface area contributed by atoms with Crippen molar-refractivity contribution in [2.45, 2.75) is 30.9 Å². The minimum atomic E-state index is -3.55. The van der Waals surface area contributed by atoms with Crippen LogP contribution in [0.3, 0.4) is 0 Å². The Morgan fingerprint density at radius 2 is 2.04 bits per heavy atom. The molecule has 1 aliphatic heterocycles. The van der Waals surface area contributed by atoms with E-state index in [1.807, 2.05) is 12.1 Å². The van der Waals surface area contributed by atoms with E-state index in [9.17, 15) is 13.2 Å². The largest absolute Gasteiger partial charge is 0.312 e. The summed E-state index contributed by atoms with van der Waals surface area (Å²) in [6.07, 6.45) is 1.10. The summed E-state index contributed by atoms with van der Waals surface area (Å²) in [6, 6.07) is 8.67. The van der Waals surface area contributed by atoms with Crippen LogP contribution in [-0.2, 0) is 21.2 Å². The van der Waals surface area contributed by atoms with Crippen LogP contribution in [0.4, 0.5) is 11.4 Å². The number of hydrogen-bond acceptors (Lipinski definition) is 4. The molecular formula is C17H20N2O3S2. The molecule has 0 saturated heterocycles. The molecule has 1 aromatic heterocycles. The molecule has 24 heavy (non-hydrogen) atoms. The first-order valence-electron chi connectivity index (χ1n) is 7.86. The zero-order valence-electron chi connectivity index (χ0n) is 13.7. The summed E-state index contributed by atoms with van der Waals surface area (Å²) < 4.78 is 27.6. The van der Waals surface area contributed by atoms with Crippen LogP contribution in [0.2, 0.25) is 0 Å². The number of benzene rings is 1. The third-order valence-electron chi connectivity index (χ3n) is 3.84. The van der Waals surface area contributed by atoms with Gasteiger partial charge in [0.1, 0.15) is 4.21 Å². The Hall–Kier alpha value is -1.86. The van der Waals surface area contributed by atoms with E-state index in [1.54, 1.807) is 28.5 Å². The van der Waals surface area contributed by atoms with Crippen LogP contribution in [0.5, 0.6) is 0 Å². The van der Waals surface area contributed by atoms with Gasteiger partial charge in [0.15, 0.2) is 0 Å². The Labute approximate surface area is 146 Å². The van der Waals surface area contributed by atoms with Crippen LogP contribution in [0.1, 0.15) is 25.8 Å². The van der Waals surface area contributed by atoms with Gasteiger partial charge in [-0.1, -0.05) is 19.9 Å². The average molecular weight is 364 g/mol. The van der Waals surface area contributed by atoms with Crippen LogP contribution in [0.15, 0.2) is 39.9 Å². The summed E-state index contributed by atoms with van der Waals surface area (Å²) in [7, 11) is -3.55. The predicted molar refractivity (Wildman–Crippen MR) is 97.1 cm³/mol. The maximum atomic E-state index is 12.3. The Kier molecular flexibility index (Phi) is 4.64. The van der Waals surface area contributed by atoms with E-state index < -0.39 is 10.0 Å². The molecule has 0 bridgehead atoms. The first-order chi connectivity index (χ1) is 11.4. The molecule has 2 aromatic rings. The van der Waals surface area contributed by atoms with Crippen molar-refractivity contribution < 1.29 is 13.2 Å². The quantitative estimate of drug-likeness (QED) is 0.883. The molecule has 0 fully saturated rings. The van der Waals surface area contributed by atoms with Crippen molar-refractivity contribution in [3.63, 3.8) is 0 Å². The fraction of sp³-hybridized carbons (Fsp3) is 0.353. The molecule has 0 aliphatic carbocycles. The Morgan fingerprint density at radius 1 is 1.25 bits per heavy atom. The fourth-order valence-electron chi connectivity index (χ4n) is 2.81. The molecule has 3 rings (SSSR count). The monoisotopic (exact) mass is 364 g/mol. The number of fused-ring (bicyclic) bond motifs is 1. The van der Waals surface area contributed by atoms with Gasteiger partial charge < -0.3 is 4.90 Å². The summed E-state index contributed by atoms with van der Waals surface area (Å²) in [6.45, 7) is 4.82. The molecule has 128 valence electrons. The van der Waals surface area contributed by atoms with E-state index in [0.29, 0.717) is 31.0 Å². The van der Waals surface area contributed by atoms with Crippen LogP contribution < -0.4 is 9.62 Å². The highest BCUT2D eigenvalue weighted by atomic mass is 32.2. The molecule has 0 radical (unpaired) electrons. The molecule has 5 nitrogen and oxygen atoms in total. The molecule has 1 N–H and O–H groups in total. The van der Waals surface area contributed by atoms with Gasteiger partial charge in [-0.05, 0) is 47.5 Å². The normalized spacial score (nSPS) is 14.8. The molecule has 1 aromatic carbocycles. The first kappa shape index (κ1) is 17.0. The highest BCUT2D eigenvalue weighted by molar-refractivity contribution is 7.94. The zero-order chi connectivity index (χ0) is 17.3. The van der Waals surface area contributed by atoms with Gasteiger partial charge in [0.25, 0.3) is 10.0 Å². The average Bonchev–Trinajstić information content (AvgIpc) is 3.05. The van der Waals surface area contributed by atoms with Gasteiger partial charge in [-0.15, -0.1) is 11.3 Å². The summed E-state index contributed by atoms with van der Waals surface area (Å²) in [4.78, 5) is 14.0.